The maximum Gasteiger partial charge on any atom is 0.337 e. The second-order valence-corrected chi connectivity index (χ2v) is 5.22. The summed E-state index contributed by atoms with van der Waals surface area (Å²) in [7, 11) is 0. The SMILES string of the molecule is CCCCN(CCCC)c1cc(C)c(N)c(C(=O)O)c1. The molecule has 0 saturated heterocycles. The van der Waals surface area contributed by atoms with E-state index in [-0.39, 0.29) is 5.56 Å². The van der Waals surface area contributed by atoms with Crippen LogP contribution in [0.3, 0.4) is 0 Å². The zero-order valence-electron chi connectivity index (χ0n) is 12.8. The van der Waals surface area contributed by atoms with Crippen LogP contribution >= 0.6 is 0 Å². The summed E-state index contributed by atoms with van der Waals surface area (Å²) in [6.45, 7) is 8.10. The zero-order chi connectivity index (χ0) is 15.1. The molecule has 0 unspecified atom stereocenters. The van der Waals surface area contributed by atoms with Crippen molar-refractivity contribution < 1.29 is 9.90 Å². The Balaban J connectivity index is 3.08. The Morgan fingerprint density at radius 3 is 2.20 bits per heavy atom. The topological polar surface area (TPSA) is 66.6 Å². The highest BCUT2D eigenvalue weighted by Gasteiger charge is 2.15. The molecule has 3 N–H and O–H groups in total. The summed E-state index contributed by atoms with van der Waals surface area (Å²) in [4.78, 5) is 13.5. The van der Waals surface area contributed by atoms with E-state index in [1.54, 1.807) is 6.07 Å². The summed E-state index contributed by atoms with van der Waals surface area (Å²) in [5.74, 6) is -0.960. The molecular weight excluding hydrogens is 252 g/mol. The lowest BCUT2D eigenvalue weighted by molar-refractivity contribution is 0.0698. The van der Waals surface area contributed by atoms with Crippen LogP contribution in [0.1, 0.15) is 55.5 Å². The van der Waals surface area contributed by atoms with Crippen LogP contribution in [-0.2, 0) is 0 Å². The Morgan fingerprint density at radius 1 is 1.20 bits per heavy atom. The fourth-order valence-electron chi connectivity index (χ4n) is 2.21. The third kappa shape index (κ3) is 4.15. The number of aromatic carboxylic acids is 1. The fraction of sp³-hybridized carbons (Fsp3) is 0.562. The van der Waals surface area contributed by atoms with Crippen molar-refractivity contribution in [2.45, 2.75) is 46.5 Å². The molecule has 0 amide bonds. The average molecular weight is 278 g/mol. The lowest BCUT2D eigenvalue weighted by atomic mass is 10.1. The number of carboxylic acid groups (broad SMARTS) is 1. The molecule has 0 fully saturated rings. The van der Waals surface area contributed by atoms with E-state index in [9.17, 15) is 9.90 Å². The van der Waals surface area contributed by atoms with Gasteiger partial charge in [0.15, 0.2) is 0 Å². The smallest absolute Gasteiger partial charge is 0.337 e. The van der Waals surface area contributed by atoms with E-state index < -0.39 is 5.97 Å². The van der Waals surface area contributed by atoms with Crippen LogP contribution < -0.4 is 10.6 Å². The van der Waals surface area contributed by atoms with Crippen molar-refractivity contribution in [2.75, 3.05) is 23.7 Å². The van der Waals surface area contributed by atoms with Gasteiger partial charge in [0.05, 0.1) is 5.56 Å². The predicted octanol–water partition coefficient (Wildman–Crippen LogP) is 3.68. The second-order valence-electron chi connectivity index (χ2n) is 5.22. The van der Waals surface area contributed by atoms with Crippen LogP contribution in [0.25, 0.3) is 0 Å². The van der Waals surface area contributed by atoms with E-state index in [1.807, 2.05) is 13.0 Å². The van der Waals surface area contributed by atoms with Gasteiger partial charge in [0.2, 0.25) is 0 Å². The molecule has 0 aliphatic carbocycles. The molecule has 20 heavy (non-hydrogen) atoms. The molecule has 0 heterocycles. The minimum atomic E-state index is -0.960. The molecule has 0 aromatic heterocycles. The largest absolute Gasteiger partial charge is 0.478 e. The maximum atomic E-state index is 11.3. The Kier molecular flexibility index (Phi) is 6.36. The molecular formula is C16H26N2O2. The Labute approximate surface area is 121 Å². The number of benzene rings is 1. The molecule has 0 saturated carbocycles. The van der Waals surface area contributed by atoms with Gasteiger partial charge in [-0.15, -0.1) is 0 Å². The van der Waals surface area contributed by atoms with Crippen molar-refractivity contribution in [3.05, 3.63) is 23.3 Å². The zero-order valence-corrected chi connectivity index (χ0v) is 12.8. The number of carbonyl (C=O) groups is 1. The number of hydrogen-bond donors (Lipinski definition) is 2. The molecule has 0 spiro atoms. The van der Waals surface area contributed by atoms with Gasteiger partial charge in [-0.25, -0.2) is 4.79 Å². The molecule has 0 atom stereocenters. The molecule has 0 radical (unpaired) electrons. The summed E-state index contributed by atoms with van der Waals surface area (Å²) in [6, 6.07) is 3.70. The van der Waals surface area contributed by atoms with Crippen LogP contribution in [0, 0.1) is 6.92 Å². The lowest BCUT2D eigenvalue weighted by Gasteiger charge is -2.26. The molecule has 1 aromatic rings. The third-order valence-electron chi connectivity index (χ3n) is 3.53. The average Bonchev–Trinajstić information content (AvgIpc) is 2.41. The summed E-state index contributed by atoms with van der Waals surface area (Å²) < 4.78 is 0. The van der Waals surface area contributed by atoms with E-state index in [4.69, 9.17) is 5.73 Å². The van der Waals surface area contributed by atoms with Crippen LogP contribution in [0.5, 0.6) is 0 Å². The predicted molar refractivity (Wildman–Crippen MR) is 84.6 cm³/mol. The van der Waals surface area contributed by atoms with Crippen molar-refractivity contribution in [1.82, 2.24) is 0 Å². The Morgan fingerprint density at radius 2 is 1.75 bits per heavy atom. The molecule has 1 rings (SSSR count). The quantitative estimate of drug-likeness (QED) is 0.712. The Bertz CT molecular complexity index is 450. The molecule has 0 bridgehead atoms. The van der Waals surface area contributed by atoms with E-state index in [1.165, 1.54) is 0 Å². The van der Waals surface area contributed by atoms with Crippen molar-refractivity contribution in [3.8, 4) is 0 Å². The minimum absolute atomic E-state index is 0.206. The fourth-order valence-corrected chi connectivity index (χ4v) is 2.21. The van der Waals surface area contributed by atoms with Crippen LogP contribution in [0.15, 0.2) is 12.1 Å². The van der Waals surface area contributed by atoms with E-state index >= 15 is 0 Å². The number of rotatable bonds is 8. The lowest BCUT2D eigenvalue weighted by Crippen LogP contribution is -2.26. The van der Waals surface area contributed by atoms with Gasteiger partial charge < -0.3 is 15.7 Å². The van der Waals surface area contributed by atoms with Crippen LogP contribution in [-0.4, -0.2) is 24.2 Å². The molecule has 4 nitrogen and oxygen atoms in total. The van der Waals surface area contributed by atoms with Gasteiger partial charge in [-0.1, -0.05) is 26.7 Å². The number of unbranched alkanes of at least 4 members (excludes halogenated alkanes) is 2. The standard InChI is InChI=1S/C16H26N2O2/c1-4-6-8-18(9-7-5-2)13-10-12(3)15(17)14(11-13)16(19)20/h10-11H,4-9,17H2,1-3H3,(H,19,20). The van der Waals surface area contributed by atoms with Gasteiger partial charge in [0, 0.05) is 24.5 Å². The maximum absolute atomic E-state index is 11.3. The molecule has 4 heteroatoms. The third-order valence-corrected chi connectivity index (χ3v) is 3.53. The van der Waals surface area contributed by atoms with E-state index in [0.29, 0.717) is 5.69 Å². The first-order valence-corrected chi connectivity index (χ1v) is 7.39. The van der Waals surface area contributed by atoms with Crippen molar-refractivity contribution >= 4 is 17.3 Å². The summed E-state index contributed by atoms with van der Waals surface area (Å²) in [5.41, 5.74) is 8.23. The van der Waals surface area contributed by atoms with Crippen molar-refractivity contribution in [2.24, 2.45) is 0 Å². The van der Waals surface area contributed by atoms with Gasteiger partial charge in [0.25, 0.3) is 0 Å². The number of aryl methyl sites for hydroxylation is 1. The van der Waals surface area contributed by atoms with E-state index in [2.05, 4.69) is 18.7 Å². The van der Waals surface area contributed by atoms with Gasteiger partial charge >= 0.3 is 5.97 Å². The summed E-state index contributed by atoms with van der Waals surface area (Å²) in [5, 5.41) is 9.25. The highest BCUT2D eigenvalue weighted by Crippen LogP contribution is 2.26. The molecule has 1 aromatic carbocycles. The molecule has 112 valence electrons. The molecule has 0 aliphatic heterocycles. The number of hydrogen-bond acceptors (Lipinski definition) is 3. The van der Waals surface area contributed by atoms with Gasteiger partial charge in [-0.05, 0) is 37.5 Å². The van der Waals surface area contributed by atoms with Crippen LogP contribution in [0.4, 0.5) is 11.4 Å². The van der Waals surface area contributed by atoms with Crippen molar-refractivity contribution in [3.63, 3.8) is 0 Å². The first-order chi connectivity index (χ1) is 9.51. The minimum Gasteiger partial charge on any atom is -0.478 e. The number of anilines is 2. The summed E-state index contributed by atoms with van der Waals surface area (Å²) in [6.07, 6.45) is 4.47. The monoisotopic (exact) mass is 278 g/mol. The number of nitrogens with two attached hydrogens (primary N) is 1. The number of nitrogen functional groups attached to an aromatic ring is 1. The first kappa shape index (κ1) is 16.3. The highest BCUT2D eigenvalue weighted by atomic mass is 16.4. The first-order valence-electron chi connectivity index (χ1n) is 7.39. The second kappa shape index (κ2) is 7.78. The van der Waals surface area contributed by atoms with Crippen LogP contribution in [0.2, 0.25) is 0 Å². The number of carboxylic acids is 1. The van der Waals surface area contributed by atoms with Gasteiger partial charge in [0.1, 0.15) is 0 Å². The molecule has 0 aliphatic rings. The highest BCUT2D eigenvalue weighted by molar-refractivity contribution is 5.95. The normalized spacial score (nSPS) is 10.6. The summed E-state index contributed by atoms with van der Waals surface area (Å²) >= 11 is 0. The van der Waals surface area contributed by atoms with E-state index in [0.717, 1.165) is 50.0 Å². The van der Waals surface area contributed by atoms with Gasteiger partial charge in [-0.2, -0.15) is 0 Å². The Hall–Kier alpha value is -1.71. The van der Waals surface area contributed by atoms with Crippen molar-refractivity contribution in [1.29, 1.82) is 0 Å². The number of nitrogens with zero attached hydrogens (tertiary/aromatic N) is 1. The van der Waals surface area contributed by atoms with Gasteiger partial charge in [-0.3, -0.25) is 0 Å².